The van der Waals surface area contributed by atoms with Crippen molar-refractivity contribution in [3.63, 3.8) is 0 Å². The number of carboxylic acids is 2. The molecule has 0 saturated carbocycles. The molecule has 10 N–H and O–H groups in total. The molecule has 0 spiro atoms. The number of carboxylic acid groups (broad SMARTS) is 2. The first-order valence-corrected chi connectivity index (χ1v) is 44.0. The second kappa shape index (κ2) is 36.4. The van der Waals surface area contributed by atoms with Gasteiger partial charge in [0, 0.05) is 133 Å². The Kier molecular flexibility index (Phi) is 25.6. The summed E-state index contributed by atoms with van der Waals surface area (Å²) < 4.78 is 16.5. The molecule has 21 rings (SSSR count). The van der Waals surface area contributed by atoms with Crippen LogP contribution in [0.15, 0.2) is 198 Å². The number of piperazine rings is 3. The summed E-state index contributed by atoms with van der Waals surface area (Å²) in [7, 11) is 11.0. The molecule has 0 radical (unpaired) electrons. The number of carbonyl (C=O) groups is 8. The molecule has 2 aliphatic carbocycles. The number of likely N-dealkylation sites (N-methyl/N-ethyl adjacent to an activating group) is 3. The number of aryl methyl sites for hydroxylation is 2. The minimum atomic E-state index is -2.27. The molecule has 7 saturated heterocycles. The Labute approximate surface area is 760 Å². The fourth-order valence-corrected chi connectivity index (χ4v) is 21.0. The van der Waals surface area contributed by atoms with Gasteiger partial charge in [0.05, 0.1) is 24.2 Å². The zero-order valence-electron chi connectivity index (χ0n) is 73.9. The summed E-state index contributed by atoms with van der Waals surface area (Å²) >= 11 is 0. The summed E-state index contributed by atoms with van der Waals surface area (Å²) in [5.74, 6) is -11.1. The third-order valence-corrected chi connectivity index (χ3v) is 27.5. The number of benzene rings is 6. The van der Waals surface area contributed by atoms with E-state index in [0.29, 0.717) is 69.1 Å². The number of nitrogens with one attached hydrogen (secondary N) is 4. The van der Waals surface area contributed by atoms with Crippen molar-refractivity contribution in [2.24, 2.45) is 33.0 Å². The Morgan fingerprint density at radius 1 is 0.527 bits per heavy atom. The molecular formula is C96H109ClN16O18. The van der Waals surface area contributed by atoms with E-state index in [1.165, 1.54) is 74.6 Å². The molecular weight excluding hydrogens is 1700 g/mol. The van der Waals surface area contributed by atoms with Crippen molar-refractivity contribution in [3.05, 3.63) is 254 Å². The molecule has 10 aromatic rings. The summed E-state index contributed by atoms with van der Waals surface area (Å²) in [5.41, 5.74) is 10.1. The predicted octanol–water partition coefficient (Wildman–Crippen LogP) is 4.27. The van der Waals surface area contributed by atoms with Crippen molar-refractivity contribution in [2.45, 2.75) is 143 Å². The van der Waals surface area contributed by atoms with Crippen LogP contribution in [0.4, 0.5) is 0 Å². The summed E-state index contributed by atoms with van der Waals surface area (Å²) in [6.07, 6.45) is 9.75. The third-order valence-electron chi connectivity index (χ3n) is 27.5. The van der Waals surface area contributed by atoms with Crippen LogP contribution in [0.2, 0.25) is 0 Å². The van der Waals surface area contributed by atoms with Crippen LogP contribution >= 0.6 is 12.4 Å². The van der Waals surface area contributed by atoms with Gasteiger partial charge in [-0.2, -0.15) is 0 Å². The van der Waals surface area contributed by atoms with Crippen LogP contribution in [0.3, 0.4) is 0 Å². The maximum absolute atomic E-state index is 14.2. The number of aliphatic hydroxyl groups excluding tert-OH is 2. The number of nitrogens with zero attached hydrogens (tertiary/aromatic N) is 12. The number of hydrogen-bond donors (Lipinski definition) is 10. The zero-order valence-corrected chi connectivity index (χ0v) is 74.7. The van der Waals surface area contributed by atoms with Crippen molar-refractivity contribution < 1.29 is 78.5 Å². The Morgan fingerprint density at radius 2 is 0.931 bits per heavy atom. The van der Waals surface area contributed by atoms with Crippen LogP contribution < -0.4 is 21.9 Å². The van der Waals surface area contributed by atoms with Crippen LogP contribution in [0.25, 0.3) is 44.1 Å². The second-order valence-electron chi connectivity index (χ2n) is 35.9. The molecule has 13 heterocycles. The standard InChI is InChI=1S/2C33H35N5O5.C18H22N2.C8H10N4O2.C4H6O6.ClH/c2*1-32(35-29(39)21-15-23-22-10-6-11-24-28(22)20(17-34-24)16-25(23)36(2)18-21)31(41)38-26(14-19-8-4-3-5-9-19)30(40)37-13-7-12-27(37)33(38,42)43-32;1-19-12-14-20(15-13-19)18(16-8-4-2-5-9-16)17-10-6-3-7-11-17;1-10-4-9-6-5(10)7(13)12(3)8(14)11(6)2;5-1(3(7)8)2(6)4(9)10;/h2*3-6,8-11,15,17,21,25-27,34,42H,7,12-14,16,18H2,1-2H3,(H,35,39);2-11,18H,12-15H2,1H3;4H,1-3H3;1-2,5-6H,(H,7,8)(H,9,10);1H/t2*21-,25-,26+,27+,32-,33+;;;1-,2-;/m11..1./s1. The second-order valence-corrected chi connectivity index (χ2v) is 35.9. The number of hydrogen-bond acceptors (Lipinski definition) is 21. The molecule has 0 unspecified atom stereocenters. The number of aliphatic hydroxyl groups is 4. The van der Waals surface area contributed by atoms with Gasteiger partial charge in [-0.15, -0.1) is 12.4 Å². The summed E-state index contributed by atoms with van der Waals surface area (Å²) in [4.78, 5) is 152. The lowest BCUT2D eigenvalue weighted by atomic mass is 9.79. The molecule has 34 nitrogen and oxygen atoms in total. The molecule has 9 aliphatic heterocycles. The number of aliphatic carboxylic acids is 2. The minimum absolute atomic E-state index is 0. The van der Waals surface area contributed by atoms with Gasteiger partial charge in [-0.05, 0) is 141 Å². The molecule has 14 atom stereocenters. The zero-order chi connectivity index (χ0) is 91.9. The highest BCUT2D eigenvalue weighted by Crippen LogP contribution is 2.50. The fraction of sp³-hybridized carbons (Fsp3) is 0.406. The highest BCUT2D eigenvalue weighted by Gasteiger charge is 2.72. The Balaban J connectivity index is 0.000000132. The smallest absolute Gasteiger partial charge is 0.335 e. The Morgan fingerprint density at radius 3 is 1.34 bits per heavy atom. The van der Waals surface area contributed by atoms with Crippen molar-refractivity contribution in [1.29, 1.82) is 0 Å². The maximum Gasteiger partial charge on any atom is 0.335 e. The summed E-state index contributed by atoms with van der Waals surface area (Å²) in [6.45, 7) is 9.46. The molecule has 6 aromatic carbocycles. The number of carbonyl (C=O) groups excluding carboxylic acids is 6. The highest BCUT2D eigenvalue weighted by atomic mass is 35.5. The number of amides is 6. The van der Waals surface area contributed by atoms with E-state index in [0.717, 1.165) is 88.0 Å². The Hall–Kier alpha value is -12.3. The van der Waals surface area contributed by atoms with Gasteiger partial charge in [0.25, 0.3) is 29.2 Å². The number of H-pyrrole nitrogens is 2. The molecule has 11 aliphatic rings. The van der Waals surface area contributed by atoms with Gasteiger partial charge in [0.15, 0.2) is 23.4 Å². The molecule has 6 amide bonds. The number of aromatic nitrogens is 6. The largest absolute Gasteiger partial charge is 0.479 e. The van der Waals surface area contributed by atoms with Gasteiger partial charge in [0.1, 0.15) is 24.2 Å². The molecule has 7 fully saturated rings. The van der Waals surface area contributed by atoms with Crippen LogP contribution in [-0.4, -0.2) is 291 Å². The van der Waals surface area contributed by atoms with Crippen molar-refractivity contribution in [1.82, 2.24) is 78.5 Å². The van der Waals surface area contributed by atoms with Gasteiger partial charge in [-0.25, -0.2) is 19.4 Å². The first-order chi connectivity index (χ1) is 62.2. The van der Waals surface area contributed by atoms with Gasteiger partial charge >= 0.3 is 17.6 Å². The first-order valence-electron chi connectivity index (χ1n) is 44.0. The van der Waals surface area contributed by atoms with Crippen molar-refractivity contribution in [3.8, 4) is 0 Å². The van der Waals surface area contributed by atoms with Crippen molar-refractivity contribution >= 4 is 104 Å². The molecule has 0 bridgehead atoms. The lowest BCUT2D eigenvalue weighted by molar-refractivity contribution is -0.315. The number of ether oxygens (including phenoxy) is 2. The minimum Gasteiger partial charge on any atom is -0.479 e. The Bertz CT molecular complexity index is 5950. The van der Waals surface area contributed by atoms with E-state index in [1.54, 1.807) is 28.5 Å². The maximum atomic E-state index is 14.2. The SMILES string of the molecule is CN1CCN(C(c2ccccc2)c2ccccc2)CC1.CN1C[C@H](C(=O)N[C@]2(C)O[C@@]3(O)[C@@H]4CCCN4C(=O)[C@H](Cc4ccccc4)N3C2=O)C=C2c3cccc4[nH]cc(c34)C[C@H]21.CN1C[C@H](C(=O)N[C@]2(C)O[C@@]3(O)[C@@H]4CCCN4C(=O)[C@H](Cc4ccccc4)N3C2=O)C=C2c3cccc4[nH]cc(c34)C[C@H]21.Cl.Cn1c(=O)c2c(ncn2C)n(C)c1=O.O=C(O)[C@H](O)[C@@H](O)C(=O)O. The van der Waals surface area contributed by atoms with Crippen LogP contribution in [0.1, 0.15) is 90.1 Å². The predicted molar refractivity (Wildman–Crippen MR) is 485 cm³/mol. The van der Waals surface area contributed by atoms with Gasteiger partial charge in [-0.1, -0.05) is 158 Å². The van der Waals surface area contributed by atoms with E-state index in [4.69, 9.17) is 29.9 Å². The lowest BCUT2D eigenvalue weighted by Crippen LogP contribution is -2.71. The quantitative estimate of drug-likeness (QED) is 0.0726. The number of aromatic amines is 2. The number of imidazole rings is 1. The average molecular weight is 1810 g/mol. The van der Waals surface area contributed by atoms with E-state index in [2.05, 4.69) is 150 Å². The van der Waals surface area contributed by atoms with E-state index < -0.39 is 95.2 Å². The molecule has 4 aromatic heterocycles. The normalized spacial score (nSPS) is 26.9. The third kappa shape index (κ3) is 16.7. The van der Waals surface area contributed by atoms with Gasteiger partial charge < -0.3 is 70.5 Å². The lowest BCUT2D eigenvalue weighted by Gasteiger charge is -2.48. The topological polar surface area (TPSA) is 420 Å². The van der Waals surface area contributed by atoms with Gasteiger partial charge in [0.2, 0.25) is 35.1 Å². The molecule has 35 heteroatoms. The average Bonchev–Trinajstić information content (AvgIpc) is 1.54. The number of fused-ring (bicyclic) bond motifs is 11. The number of halogens is 1. The van der Waals surface area contributed by atoms with Crippen LogP contribution in [-0.2, 0) is 94.7 Å². The van der Waals surface area contributed by atoms with E-state index in [1.807, 2.05) is 99.0 Å². The van der Waals surface area contributed by atoms with E-state index in [9.17, 15) is 58.2 Å². The summed E-state index contributed by atoms with van der Waals surface area (Å²) in [6, 6.07) is 50.3. The fourth-order valence-electron chi connectivity index (χ4n) is 21.0. The van der Waals surface area contributed by atoms with Crippen LogP contribution in [0, 0.1) is 11.8 Å². The van der Waals surface area contributed by atoms with E-state index >= 15 is 0 Å². The van der Waals surface area contributed by atoms with Crippen LogP contribution in [0.5, 0.6) is 0 Å². The number of rotatable bonds is 14. The summed E-state index contributed by atoms with van der Waals surface area (Å²) in [5, 5.41) is 64.7. The van der Waals surface area contributed by atoms with Gasteiger partial charge in [-0.3, -0.25) is 76.7 Å². The first kappa shape index (κ1) is 92.0. The molecule has 688 valence electrons. The van der Waals surface area contributed by atoms with E-state index in [-0.39, 0.29) is 72.2 Å². The highest BCUT2D eigenvalue weighted by molar-refractivity contribution is 6.03. The molecule has 131 heavy (non-hydrogen) atoms. The van der Waals surface area contributed by atoms with Crippen molar-refractivity contribution in [2.75, 3.05) is 73.5 Å². The monoisotopic (exact) mass is 1810 g/mol.